The summed E-state index contributed by atoms with van der Waals surface area (Å²) in [5.74, 6) is -1.44. The molecule has 1 rings (SSSR count). The molecule has 6 nitrogen and oxygen atoms in total. The average molecular weight is 313 g/mol. The van der Waals surface area contributed by atoms with Crippen LogP contribution >= 0.6 is 0 Å². The van der Waals surface area contributed by atoms with Crippen LogP contribution in [0.2, 0.25) is 0 Å². The largest absolute Gasteiger partial charge is 0.479 e. The van der Waals surface area contributed by atoms with Crippen molar-refractivity contribution in [2.75, 3.05) is 6.61 Å². The van der Waals surface area contributed by atoms with Crippen molar-refractivity contribution in [1.82, 2.24) is 4.89 Å². The first-order chi connectivity index (χ1) is 9.05. The Hall–Kier alpha value is -1.65. The van der Waals surface area contributed by atoms with Gasteiger partial charge in [0.15, 0.2) is 6.61 Å². The van der Waals surface area contributed by atoms with Crippen LogP contribution < -0.4 is 4.89 Å². The lowest BCUT2D eigenvalue weighted by Crippen LogP contribution is -2.28. The van der Waals surface area contributed by atoms with Crippen molar-refractivity contribution in [3.8, 4) is 0 Å². The fraction of sp³-hybridized carbons (Fsp3) is 0.300. The van der Waals surface area contributed by atoms with Gasteiger partial charge < -0.3 is 5.11 Å². The standard InChI is InChI=1S/C10H10F3NO5S/c1-6-7(10(11,12)13)3-2-4-8(6)20(17,18)14-19-5-9(15)16/h2-4,14H,5H2,1H3,(H,15,16). The Morgan fingerprint density at radius 1 is 1.40 bits per heavy atom. The molecular formula is C10H10F3NO5S. The second kappa shape index (κ2) is 5.77. The van der Waals surface area contributed by atoms with E-state index in [4.69, 9.17) is 5.11 Å². The van der Waals surface area contributed by atoms with Gasteiger partial charge in [-0.3, -0.25) is 4.84 Å². The van der Waals surface area contributed by atoms with E-state index in [2.05, 4.69) is 4.84 Å². The van der Waals surface area contributed by atoms with Gasteiger partial charge in [0.1, 0.15) is 0 Å². The van der Waals surface area contributed by atoms with E-state index < -0.39 is 44.8 Å². The number of carbonyl (C=O) groups is 1. The molecule has 0 fully saturated rings. The molecule has 0 spiro atoms. The highest BCUT2D eigenvalue weighted by Gasteiger charge is 2.34. The lowest BCUT2D eigenvalue weighted by atomic mass is 10.1. The van der Waals surface area contributed by atoms with Gasteiger partial charge in [-0.1, -0.05) is 11.0 Å². The van der Waals surface area contributed by atoms with Crippen molar-refractivity contribution in [2.24, 2.45) is 0 Å². The first kappa shape index (κ1) is 16.4. The van der Waals surface area contributed by atoms with Crippen LogP contribution in [0.25, 0.3) is 0 Å². The number of hydrogen-bond acceptors (Lipinski definition) is 4. The molecule has 0 aromatic heterocycles. The van der Waals surface area contributed by atoms with Gasteiger partial charge in [0.25, 0.3) is 10.0 Å². The van der Waals surface area contributed by atoms with Crippen LogP contribution in [-0.2, 0) is 25.8 Å². The molecule has 1 aromatic rings. The molecule has 1 aromatic carbocycles. The summed E-state index contributed by atoms with van der Waals surface area (Å²) in [7, 11) is -4.40. The van der Waals surface area contributed by atoms with E-state index in [1.807, 2.05) is 0 Å². The van der Waals surface area contributed by atoms with Gasteiger partial charge in [-0.15, -0.1) is 0 Å². The fourth-order valence-corrected chi connectivity index (χ4v) is 2.50. The Morgan fingerprint density at radius 2 is 2.00 bits per heavy atom. The highest BCUT2D eigenvalue weighted by molar-refractivity contribution is 7.89. The minimum absolute atomic E-state index is 0.508. The Labute approximate surface area is 112 Å². The molecular weight excluding hydrogens is 303 g/mol. The van der Waals surface area contributed by atoms with E-state index in [9.17, 15) is 26.4 Å². The Morgan fingerprint density at radius 3 is 2.50 bits per heavy atom. The monoisotopic (exact) mass is 313 g/mol. The summed E-state index contributed by atoms with van der Waals surface area (Å²) in [5.41, 5.74) is -1.61. The van der Waals surface area contributed by atoms with Crippen molar-refractivity contribution >= 4 is 16.0 Å². The van der Waals surface area contributed by atoms with Crippen LogP contribution in [0.3, 0.4) is 0 Å². The molecule has 0 heterocycles. The second-order valence-electron chi connectivity index (χ2n) is 3.70. The number of hydrogen-bond donors (Lipinski definition) is 2. The van der Waals surface area contributed by atoms with Crippen molar-refractivity contribution < 1.29 is 36.3 Å². The summed E-state index contributed by atoms with van der Waals surface area (Å²) in [6, 6.07) is 2.63. The average Bonchev–Trinajstić information content (AvgIpc) is 2.26. The van der Waals surface area contributed by atoms with Crippen molar-refractivity contribution in [3.05, 3.63) is 29.3 Å². The summed E-state index contributed by atoms with van der Waals surface area (Å²) < 4.78 is 61.4. The predicted octanol–water partition coefficient (Wildman–Crippen LogP) is 1.31. The Balaban J connectivity index is 3.11. The summed E-state index contributed by atoms with van der Waals surface area (Å²) >= 11 is 0. The van der Waals surface area contributed by atoms with E-state index in [0.717, 1.165) is 25.1 Å². The molecule has 2 N–H and O–H groups in total. The molecule has 0 saturated heterocycles. The third-order valence-corrected chi connectivity index (χ3v) is 3.60. The van der Waals surface area contributed by atoms with Gasteiger partial charge in [-0.05, 0) is 24.6 Å². The molecule has 0 radical (unpaired) electrons. The van der Waals surface area contributed by atoms with E-state index >= 15 is 0 Å². The minimum Gasteiger partial charge on any atom is -0.479 e. The van der Waals surface area contributed by atoms with Gasteiger partial charge in [0.05, 0.1) is 10.5 Å². The second-order valence-corrected chi connectivity index (χ2v) is 5.31. The maximum absolute atomic E-state index is 12.7. The van der Waals surface area contributed by atoms with E-state index in [-0.39, 0.29) is 0 Å². The molecule has 10 heteroatoms. The molecule has 0 unspecified atom stereocenters. The lowest BCUT2D eigenvalue weighted by molar-refractivity contribution is -0.143. The number of carboxylic acid groups (broad SMARTS) is 1. The van der Waals surface area contributed by atoms with E-state index in [0.29, 0.717) is 0 Å². The SMILES string of the molecule is Cc1c(C(F)(F)F)cccc1S(=O)(=O)NOCC(=O)O. The quantitative estimate of drug-likeness (QED) is 0.800. The van der Waals surface area contributed by atoms with Crippen molar-refractivity contribution in [2.45, 2.75) is 18.0 Å². The number of aliphatic carboxylic acids is 1. The smallest absolute Gasteiger partial charge is 0.416 e. The van der Waals surface area contributed by atoms with Crippen molar-refractivity contribution in [3.63, 3.8) is 0 Å². The van der Waals surface area contributed by atoms with E-state index in [1.165, 1.54) is 4.89 Å². The first-order valence-corrected chi connectivity index (χ1v) is 6.56. The normalized spacial score (nSPS) is 12.4. The number of halogens is 3. The van der Waals surface area contributed by atoms with Crippen LogP contribution in [0.15, 0.2) is 23.1 Å². The molecule has 20 heavy (non-hydrogen) atoms. The number of rotatable bonds is 5. The fourth-order valence-electron chi connectivity index (χ4n) is 1.43. The predicted molar refractivity (Wildman–Crippen MR) is 60.1 cm³/mol. The van der Waals surface area contributed by atoms with Crippen LogP contribution in [0, 0.1) is 6.92 Å². The molecule has 0 aliphatic carbocycles. The van der Waals surface area contributed by atoms with Gasteiger partial charge in [-0.2, -0.15) is 13.2 Å². The summed E-state index contributed by atoms with van der Waals surface area (Å²) in [6.07, 6.45) is -4.70. The maximum Gasteiger partial charge on any atom is 0.416 e. The lowest BCUT2D eigenvalue weighted by Gasteiger charge is -2.14. The van der Waals surface area contributed by atoms with Crippen LogP contribution in [-0.4, -0.2) is 26.1 Å². The third kappa shape index (κ3) is 3.92. The van der Waals surface area contributed by atoms with E-state index in [1.54, 1.807) is 0 Å². The van der Waals surface area contributed by atoms with Gasteiger partial charge in [0.2, 0.25) is 0 Å². The van der Waals surface area contributed by atoms with Gasteiger partial charge in [-0.25, -0.2) is 13.2 Å². The molecule has 0 aliphatic heterocycles. The third-order valence-electron chi connectivity index (χ3n) is 2.24. The number of alkyl halides is 3. The van der Waals surface area contributed by atoms with Crippen LogP contribution in [0.5, 0.6) is 0 Å². The number of benzene rings is 1. The number of carboxylic acids is 1. The molecule has 0 amide bonds. The van der Waals surface area contributed by atoms with Crippen LogP contribution in [0.4, 0.5) is 13.2 Å². The number of sulfonamides is 1. The molecule has 0 saturated carbocycles. The minimum atomic E-state index is -4.70. The van der Waals surface area contributed by atoms with Gasteiger partial charge in [0, 0.05) is 0 Å². The zero-order chi connectivity index (χ0) is 15.6. The van der Waals surface area contributed by atoms with Crippen LogP contribution in [0.1, 0.15) is 11.1 Å². The zero-order valence-corrected chi connectivity index (χ0v) is 10.9. The topological polar surface area (TPSA) is 92.7 Å². The Kier molecular flexibility index (Phi) is 4.73. The maximum atomic E-state index is 12.7. The Bertz CT molecular complexity index is 612. The zero-order valence-electron chi connectivity index (χ0n) is 10.1. The highest BCUT2D eigenvalue weighted by atomic mass is 32.2. The highest BCUT2D eigenvalue weighted by Crippen LogP contribution is 2.34. The molecule has 112 valence electrons. The molecule has 0 atom stereocenters. The summed E-state index contributed by atoms with van der Waals surface area (Å²) in [4.78, 5) is 15.2. The van der Waals surface area contributed by atoms with Gasteiger partial charge >= 0.3 is 12.1 Å². The molecule has 0 bridgehead atoms. The number of nitrogens with one attached hydrogen (secondary N) is 1. The summed E-state index contributed by atoms with van der Waals surface area (Å²) in [6.45, 7) is 0.0336. The summed E-state index contributed by atoms with van der Waals surface area (Å²) in [5, 5.41) is 8.28. The molecule has 0 aliphatic rings. The van der Waals surface area contributed by atoms with Crippen molar-refractivity contribution in [1.29, 1.82) is 0 Å². The first-order valence-electron chi connectivity index (χ1n) is 5.08.